The van der Waals surface area contributed by atoms with Gasteiger partial charge in [0, 0.05) is 18.9 Å². The Bertz CT molecular complexity index is 932. The molecule has 0 amide bonds. The van der Waals surface area contributed by atoms with E-state index in [0.717, 1.165) is 32.1 Å². The monoisotopic (exact) mass is 722 g/mol. The molecule has 0 radical (unpaired) electrons. The van der Waals surface area contributed by atoms with Crippen molar-refractivity contribution in [3.8, 4) is 0 Å². The zero-order chi connectivity index (χ0) is 37.0. The van der Waals surface area contributed by atoms with E-state index in [0.29, 0.717) is 23.7 Å². The first-order chi connectivity index (χ1) is 25.5. The maximum absolute atomic E-state index is 6.95. The highest BCUT2D eigenvalue weighted by Gasteiger charge is 2.56. The summed E-state index contributed by atoms with van der Waals surface area (Å²) in [5.41, 5.74) is 0.429. The molecule has 1 heterocycles. The lowest BCUT2D eigenvalue weighted by atomic mass is 9.76. The molecule has 4 atom stereocenters. The van der Waals surface area contributed by atoms with Crippen molar-refractivity contribution in [2.24, 2.45) is 5.41 Å². The molecular weight excluding hydrogens is 635 g/mol. The van der Waals surface area contributed by atoms with Gasteiger partial charge in [0.15, 0.2) is 5.79 Å². The van der Waals surface area contributed by atoms with E-state index in [2.05, 4.69) is 81.5 Å². The van der Waals surface area contributed by atoms with E-state index in [9.17, 15) is 0 Å². The van der Waals surface area contributed by atoms with Crippen LogP contribution >= 0.6 is 0 Å². The highest BCUT2D eigenvalue weighted by Crippen LogP contribution is 2.56. The first-order valence-electron chi connectivity index (χ1n) is 23.1. The van der Waals surface area contributed by atoms with Crippen LogP contribution in [0.1, 0.15) is 219 Å². The van der Waals surface area contributed by atoms with Gasteiger partial charge in [-0.15, -0.1) is 0 Å². The number of unbranched alkanes of at least 4 members (excludes halogenated alkanes) is 18. The van der Waals surface area contributed by atoms with Gasteiger partial charge >= 0.3 is 0 Å². The van der Waals surface area contributed by atoms with Crippen LogP contribution in [0.25, 0.3) is 0 Å². The maximum atomic E-state index is 6.95. The Morgan fingerprint density at radius 2 is 0.942 bits per heavy atom. The number of hydrogen-bond donors (Lipinski definition) is 0. The van der Waals surface area contributed by atoms with Crippen LogP contribution in [-0.2, 0) is 9.47 Å². The van der Waals surface area contributed by atoms with Crippen molar-refractivity contribution in [3.05, 3.63) is 48.6 Å². The molecule has 1 saturated heterocycles. The van der Waals surface area contributed by atoms with E-state index >= 15 is 0 Å². The van der Waals surface area contributed by atoms with E-state index in [1.807, 2.05) is 0 Å². The van der Waals surface area contributed by atoms with E-state index in [1.54, 1.807) is 0 Å². The van der Waals surface area contributed by atoms with Crippen LogP contribution in [-0.4, -0.2) is 43.0 Å². The Morgan fingerprint density at radius 1 is 0.500 bits per heavy atom. The topological polar surface area (TPSA) is 21.7 Å². The standard InChI is InChI=1S/C49H87NO2/c1-5-7-9-11-13-15-17-19-21-23-25-27-29-31-33-35-39-48(40-36-34-32-30-28-26-24-22-20-18-16-14-12-10-8-6-2)41-42-49(44-48)51-46-38-37-45(50(3)4)43-47(46)52-49/h13-16,19-22,45-47H,5-12,17-18,23-44H2,1-4H3/b15-13-,16-14-,21-19-,22-20-/t45?,46-,47+,49?/m1/s1. The van der Waals surface area contributed by atoms with E-state index < -0.39 is 0 Å². The van der Waals surface area contributed by atoms with Gasteiger partial charge in [-0.05, 0) is 122 Å². The molecule has 0 aromatic carbocycles. The van der Waals surface area contributed by atoms with Crippen LogP contribution in [0, 0.1) is 5.41 Å². The Hall–Kier alpha value is -1.16. The molecule has 1 spiro atoms. The van der Waals surface area contributed by atoms with Crippen LogP contribution in [0.4, 0.5) is 0 Å². The Balaban J connectivity index is 1.32. The first kappa shape index (κ1) is 45.2. The van der Waals surface area contributed by atoms with Gasteiger partial charge in [0.05, 0.1) is 12.2 Å². The smallest absolute Gasteiger partial charge is 0.169 e. The maximum Gasteiger partial charge on any atom is 0.169 e. The lowest BCUT2D eigenvalue weighted by Crippen LogP contribution is -2.40. The Kier molecular flexibility index (Phi) is 24.6. The molecule has 3 nitrogen and oxygen atoms in total. The molecule has 3 heteroatoms. The molecule has 300 valence electrons. The number of rotatable bonds is 31. The summed E-state index contributed by atoms with van der Waals surface area (Å²) in [6.07, 6.45) is 61.4. The van der Waals surface area contributed by atoms with Crippen LogP contribution in [0.3, 0.4) is 0 Å². The van der Waals surface area contributed by atoms with Crippen LogP contribution < -0.4 is 0 Å². The zero-order valence-corrected chi connectivity index (χ0v) is 35.2. The van der Waals surface area contributed by atoms with Gasteiger partial charge in [-0.2, -0.15) is 0 Å². The number of hydrogen-bond acceptors (Lipinski definition) is 3. The van der Waals surface area contributed by atoms with E-state index in [-0.39, 0.29) is 5.79 Å². The molecular formula is C49H87NO2. The number of fused-ring (bicyclic) bond motifs is 1. The van der Waals surface area contributed by atoms with Crippen LogP contribution in [0.5, 0.6) is 0 Å². The van der Waals surface area contributed by atoms with Crippen molar-refractivity contribution in [2.75, 3.05) is 14.1 Å². The molecule has 52 heavy (non-hydrogen) atoms. The fourth-order valence-corrected chi connectivity index (χ4v) is 9.32. The molecule has 2 saturated carbocycles. The normalized spacial score (nSPS) is 24.7. The summed E-state index contributed by atoms with van der Waals surface area (Å²) in [4.78, 5) is 2.40. The third kappa shape index (κ3) is 18.9. The molecule has 2 unspecified atom stereocenters. The quantitative estimate of drug-likeness (QED) is 0.0525. The highest BCUT2D eigenvalue weighted by atomic mass is 16.8. The SMILES string of the molecule is CCCCC/C=C\C/C=C\CCCCCCCCC1(CCCCCCCC/C=C\C/C=C\CCCCC)CCC2(C1)O[C@H]1CC(N(C)C)CC[C@H]1O2. The highest BCUT2D eigenvalue weighted by molar-refractivity contribution is 5.01. The molecule has 3 fully saturated rings. The summed E-state index contributed by atoms with van der Waals surface area (Å²) < 4.78 is 13.9. The fraction of sp³-hybridized carbons (Fsp3) is 0.837. The number of nitrogens with zero attached hydrogens (tertiary/aromatic N) is 1. The molecule has 3 aliphatic rings. The fourth-order valence-electron chi connectivity index (χ4n) is 9.32. The van der Waals surface area contributed by atoms with Crippen molar-refractivity contribution in [1.29, 1.82) is 0 Å². The van der Waals surface area contributed by atoms with Gasteiger partial charge in [0.25, 0.3) is 0 Å². The summed E-state index contributed by atoms with van der Waals surface area (Å²) in [5, 5.41) is 0. The average Bonchev–Trinajstić information content (AvgIpc) is 3.69. The molecule has 3 rings (SSSR count). The van der Waals surface area contributed by atoms with Crippen LogP contribution in [0.2, 0.25) is 0 Å². The summed E-state index contributed by atoms with van der Waals surface area (Å²) in [6, 6.07) is 0.641. The van der Waals surface area contributed by atoms with E-state index in [4.69, 9.17) is 9.47 Å². The minimum Gasteiger partial charge on any atom is -0.344 e. The lowest BCUT2D eigenvalue weighted by Gasteiger charge is -2.33. The largest absolute Gasteiger partial charge is 0.344 e. The summed E-state index contributed by atoms with van der Waals surface area (Å²) in [5.74, 6) is -0.284. The second kappa shape index (κ2) is 28.3. The molecule has 0 N–H and O–H groups in total. The van der Waals surface area contributed by atoms with Crippen molar-refractivity contribution < 1.29 is 9.47 Å². The minimum atomic E-state index is -0.284. The summed E-state index contributed by atoms with van der Waals surface area (Å²) >= 11 is 0. The third-order valence-electron chi connectivity index (χ3n) is 12.7. The van der Waals surface area contributed by atoms with Crippen LogP contribution in [0.15, 0.2) is 48.6 Å². The van der Waals surface area contributed by atoms with E-state index in [1.165, 1.54) is 173 Å². The molecule has 0 bridgehead atoms. The first-order valence-corrected chi connectivity index (χ1v) is 23.1. The van der Waals surface area contributed by atoms with Gasteiger partial charge in [0.2, 0.25) is 0 Å². The predicted octanol–water partition coefficient (Wildman–Crippen LogP) is 15.2. The van der Waals surface area contributed by atoms with Crippen molar-refractivity contribution >= 4 is 0 Å². The predicted molar refractivity (Wildman–Crippen MR) is 228 cm³/mol. The van der Waals surface area contributed by atoms with Gasteiger partial charge in [-0.25, -0.2) is 0 Å². The average molecular weight is 722 g/mol. The summed E-state index contributed by atoms with van der Waals surface area (Å²) in [6.45, 7) is 4.55. The second-order valence-electron chi connectivity index (χ2n) is 17.5. The van der Waals surface area contributed by atoms with Gasteiger partial charge in [-0.1, -0.05) is 152 Å². The van der Waals surface area contributed by atoms with Gasteiger partial charge in [-0.3, -0.25) is 0 Å². The third-order valence-corrected chi connectivity index (χ3v) is 12.7. The van der Waals surface area contributed by atoms with Crippen molar-refractivity contribution in [1.82, 2.24) is 4.90 Å². The molecule has 0 aromatic heterocycles. The van der Waals surface area contributed by atoms with Crippen molar-refractivity contribution in [3.63, 3.8) is 0 Å². The Labute approximate surface area is 324 Å². The van der Waals surface area contributed by atoms with Crippen molar-refractivity contribution in [2.45, 2.75) is 243 Å². The number of allylic oxidation sites excluding steroid dienone is 8. The molecule has 2 aliphatic carbocycles. The lowest BCUT2D eigenvalue weighted by molar-refractivity contribution is -0.175. The zero-order valence-electron chi connectivity index (χ0n) is 35.2. The van der Waals surface area contributed by atoms with Gasteiger partial charge < -0.3 is 14.4 Å². The second-order valence-corrected chi connectivity index (χ2v) is 17.5. The number of ether oxygens (including phenoxy) is 2. The van der Waals surface area contributed by atoms with Gasteiger partial charge in [0.1, 0.15) is 0 Å². The minimum absolute atomic E-state index is 0.284. The Morgan fingerprint density at radius 3 is 1.42 bits per heavy atom. The summed E-state index contributed by atoms with van der Waals surface area (Å²) in [7, 11) is 4.47. The molecule has 1 aliphatic heterocycles. The molecule has 0 aromatic rings.